The number of hydrogen-bond donors (Lipinski definition) is 1. The molecule has 2 aromatic carbocycles. The highest BCUT2D eigenvalue weighted by Gasteiger charge is 2.37. The fourth-order valence-corrected chi connectivity index (χ4v) is 3.87. The van der Waals surface area contributed by atoms with Crippen molar-refractivity contribution in [1.29, 1.82) is 0 Å². The minimum absolute atomic E-state index is 0.0693. The van der Waals surface area contributed by atoms with E-state index in [0.717, 1.165) is 6.54 Å². The Balaban J connectivity index is 1.27. The van der Waals surface area contributed by atoms with E-state index in [9.17, 15) is 31.1 Å². The van der Waals surface area contributed by atoms with Crippen molar-refractivity contribution in [3.8, 4) is 5.75 Å². The van der Waals surface area contributed by atoms with Crippen LogP contribution in [0.15, 0.2) is 55.1 Å². The molecule has 204 valence electrons. The number of ether oxygens (including phenoxy) is 1. The van der Waals surface area contributed by atoms with E-state index in [4.69, 9.17) is 4.74 Å². The first-order chi connectivity index (χ1) is 18.0. The van der Waals surface area contributed by atoms with Crippen LogP contribution in [0.1, 0.15) is 16.7 Å². The second kappa shape index (κ2) is 11.3. The highest BCUT2D eigenvalue weighted by molar-refractivity contribution is 5.89. The van der Waals surface area contributed by atoms with Gasteiger partial charge in [-0.2, -0.15) is 31.4 Å². The summed E-state index contributed by atoms with van der Waals surface area (Å²) < 4.78 is 85.3. The van der Waals surface area contributed by atoms with E-state index in [1.807, 2.05) is 0 Å². The topological polar surface area (TPSA) is 75.5 Å². The first-order valence-corrected chi connectivity index (χ1v) is 11.6. The third kappa shape index (κ3) is 7.37. The summed E-state index contributed by atoms with van der Waals surface area (Å²) in [6.45, 7) is 3.50. The van der Waals surface area contributed by atoms with Gasteiger partial charge in [0.15, 0.2) is 0 Å². The number of urea groups is 1. The van der Waals surface area contributed by atoms with Gasteiger partial charge in [0, 0.05) is 38.4 Å². The first-order valence-electron chi connectivity index (χ1n) is 11.6. The minimum atomic E-state index is -4.93. The van der Waals surface area contributed by atoms with Gasteiger partial charge in [0.05, 0.1) is 17.7 Å². The van der Waals surface area contributed by atoms with Crippen LogP contribution in [0.3, 0.4) is 0 Å². The molecule has 38 heavy (non-hydrogen) atoms. The van der Waals surface area contributed by atoms with Crippen LogP contribution in [-0.4, -0.2) is 63.3 Å². The lowest BCUT2D eigenvalue weighted by molar-refractivity contribution is -0.143. The van der Waals surface area contributed by atoms with Crippen molar-refractivity contribution in [1.82, 2.24) is 24.6 Å². The van der Waals surface area contributed by atoms with Gasteiger partial charge in [-0.05, 0) is 48.0 Å². The van der Waals surface area contributed by atoms with Crippen LogP contribution in [0.5, 0.6) is 5.75 Å². The third-order valence-corrected chi connectivity index (χ3v) is 5.93. The maximum Gasteiger partial charge on any atom is 0.416 e. The van der Waals surface area contributed by atoms with Gasteiger partial charge in [0.1, 0.15) is 25.0 Å². The van der Waals surface area contributed by atoms with Crippen LogP contribution in [0, 0.1) is 0 Å². The van der Waals surface area contributed by atoms with Gasteiger partial charge >= 0.3 is 18.4 Å². The van der Waals surface area contributed by atoms with Crippen LogP contribution in [0.2, 0.25) is 0 Å². The average molecular weight is 542 g/mol. The first kappa shape index (κ1) is 27.2. The molecule has 1 aromatic heterocycles. The fraction of sp³-hybridized carbons (Fsp3) is 0.375. The summed E-state index contributed by atoms with van der Waals surface area (Å²) in [6, 6.07) is 7.05. The molecule has 1 aliphatic rings. The van der Waals surface area contributed by atoms with Crippen molar-refractivity contribution >= 4 is 11.7 Å². The second-order valence-corrected chi connectivity index (χ2v) is 8.64. The van der Waals surface area contributed by atoms with Crippen LogP contribution in [0.4, 0.5) is 36.8 Å². The molecule has 0 bridgehead atoms. The third-order valence-electron chi connectivity index (χ3n) is 5.93. The summed E-state index contributed by atoms with van der Waals surface area (Å²) in [7, 11) is 0. The van der Waals surface area contributed by atoms with Crippen LogP contribution >= 0.6 is 0 Å². The van der Waals surface area contributed by atoms with E-state index >= 15 is 0 Å². The Hall–Kier alpha value is -3.81. The summed E-state index contributed by atoms with van der Waals surface area (Å²) in [4.78, 5) is 20.4. The molecule has 2 heterocycles. The Morgan fingerprint density at radius 3 is 2.08 bits per heavy atom. The zero-order valence-corrected chi connectivity index (χ0v) is 20.0. The normalized spacial score (nSPS) is 14.9. The van der Waals surface area contributed by atoms with E-state index in [2.05, 4.69) is 20.3 Å². The zero-order valence-electron chi connectivity index (χ0n) is 20.0. The van der Waals surface area contributed by atoms with Crippen molar-refractivity contribution in [3.63, 3.8) is 0 Å². The number of rotatable bonds is 7. The number of benzene rings is 2. The monoisotopic (exact) mass is 542 g/mol. The Morgan fingerprint density at radius 2 is 1.53 bits per heavy atom. The Labute approximate surface area is 213 Å². The van der Waals surface area contributed by atoms with E-state index in [-0.39, 0.29) is 23.4 Å². The molecule has 1 aliphatic heterocycles. The largest absolute Gasteiger partial charge is 0.489 e. The molecular weight excluding hydrogens is 518 g/mol. The molecule has 14 heteroatoms. The highest BCUT2D eigenvalue weighted by atomic mass is 19.4. The summed E-state index contributed by atoms with van der Waals surface area (Å²) in [6.07, 6.45) is -6.74. The van der Waals surface area contributed by atoms with Crippen LogP contribution < -0.4 is 10.1 Å². The summed E-state index contributed by atoms with van der Waals surface area (Å²) in [5, 5.41) is 6.83. The molecule has 0 unspecified atom stereocenters. The molecule has 4 rings (SSSR count). The molecule has 0 aliphatic carbocycles. The fourth-order valence-electron chi connectivity index (χ4n) is 3.87. The van der Waals surface area contributed by atoms with Crippen LogP contribution in [-0.2, 0) is 25.5 Å². The molecule has 1 fully saturated rings. The minimum Gasteiger partial charge on any atom is -0.489 e. The molecule has 0 atom stereocenters. The van der Waals surface area contributed by atoms with Gasteiger partial charge in [0.2, 0.25) is 0 Å². The Bertz CT molecular complexity index is 1170. The van der Waals surface area contributed by atoms with Gasteiger partial charge in [-0.15, -0.1) is 0 Å². The van der Waals surface area contributed by atoms with Gasteiger partial charge < -0.3 is 15.0 Å². The number of halogens is 6. The molecule has 1 N–H and O–H groups in total. The predicted molar refractivity (Wildman–Crippen MR) is 124 cm³/mol. The number of nitrogens with one attached hydrogen (secondary N) is 1. The quantitative estimate of drug-likeness (QED) is 0.437. The lowest BCUT2D eigenvalue weighted by Gasteiger charge is -2.34. The molecule has 2 amide bonds. The number of anilines is 1. The maximum atomic E-state index is 13.0. The van der Waals surface area contributed by atoms with E-state index in [1.54, 1.807) is 15.9 Å². The molecule has 0 saturated carbocycles. The molecule has 0 spiro atoms. The number of alkyl halides is 6. The number of carbonyl (C=O) groups excluding carboxylic acids is 1. The SMILES string of the molecule is O=C(Nc1ccc(OCc2cc(C(F)(F)F)cc(C(F)(F)F)c2)cc1)N1CCN(CCn2cncn2)CC1. The lowest BCUT2D eigenvalue weighted by Crippen LogP contribution is -2.50. The second-order valence-electron chi connectivity index (χ2n) is 8.64. The number of aromatic nitrogens is 3. The van der Waals surface area contributed by atoms with Gasteiger partial charge in [0.25, 0.3) is 0 Å². The standard InChI is InChI=1S/C24H24F6N6O2/c25-23(26,27)18-11-17(12-19(13-18)24(28,29)30)14-38-21-3-1-20(2-4-21)33-22(37)35-8-5-34(6-9-35)7-10-36-16-31-15-32-36/h1-4,11-13,15-16H,5-10,14H2,(H,33,37). The summed E-state index contributed by atoms with van der Waals surface area (Å²) in [5.74, 6) is 0.218. The van der Waals surface area contributed by atoms with Crippen molar-refractivity contribution in [2.45, 2.75) is 25.5 Å². The Morgan fingerprint density at radius 1 is 0.895 bits per heavy atom. The predicted octanol–water partition coefficient (Wildman–Crippen LogP) is 4.74. The van der Waals surface area contributed by atoms with Gasteiger partial charge in [-0.25, -0.2) is 9.78 Å². The van der Waals surface area contributed by atoms with E-state index < -0.39 is 30.1 Å². The van der Waals surface area contributed by atoms with Gasteiger partial charge in [-0.3, -0.25) is 9.58 Å². The van der Waals surface area contributed by atoms with Crippen molar-refractivity contribution in [2.75, 3.05) is 38.0 Å². The summed E-state index contributed by atoms with van der Waals surface area (Å²) >= 11 is 0. The van der Waals surface area contributed by atoms with Crippen molar-refractivity contribution in [3.05, 3.63) is 71.8 Å². The number of carbonyl (C=O) groups is 1. The molecule has 1 saturated heterocycles. The van der Waals surface area contributed by atoms with Crippen molar-refractivity contribution < 1.29 is 35.9 Å². The number of nitrogens with zero attached hydrogens (tertiary/aromatic N) is 5. The molecular formula is C24H24F6N6O2. The molecule has 3 aromatic rings. The smallest absolute Gasteiger partial charge is 0.416 e. The lowest BCUT2D eigenvalue weighted by atomic mass is 10.1. The van der Waals surface area contributed by atoms with Crippen molar-refractivity contribution in [2.24, 2.45) is 0 Å². The highest BCUT2D eigenvalue weighted by Crippen LogP contribution is 2.36. The van der Waals surface area contributed by atoms with Gasteiger partial charge in [-0.1, -0.05) is 0 Å². The van der Waals surface area contributed by atoms with E-state index in [1.165, 1.54) is 30.6 Å². The molecule has 0 radical (unpaired) electrons. The van der Waals surface area contributed by atoms with Crippen LogP contribution in [0.25, 0.3) is 0 Å². The zero-order chi connectivity index (χ0) is 27.3. The molecule has 8 nitrogen and oxygen atoms in total. The summed E-state index contributed by atoms with van der Waals surface area (Å²) in [5.41, 5.74) is -2.61. The number of hydrogen-bond acceptors (Lipinski definition) is 5. The number of piperazine rings is 1. The van der Waals surface area contributed by atoms with E-state index in [0.29, 0.717) is 50.5 Å². The number of amides is 2. The Kier molecular flexibility index (Phi) is 8.09. The average Bonchev–Trinajstić information content (AvgIpc) is 3.40. The maximum absolute atomic E-state index is 13.0.